The molecule has 3 N–H and O–H groups in total. The van der Waals surface area contributed by atoms with E-state index in [4.69, 9.17) is 15.7 Å². The molecule has 4 nitrogen and oxygen atoms in total. The molecule has 0 bridgehead atoms. The van der Waals surface area contributed by atoms with Gasteiger partial charge < -0.3 is 15.7 Å². The van der Waals surface area contributed by atoms with E-state index in [1.54, 1.807) is 0 Å². The summed E-state index contributed by atoms with van der Waals surface area (Å²) >= 11 is 0. The zero-order valence-electron chi connectivity index (χ0n) is 8.61. The number of nitrogens with zero attached hydrogens (tertiary/aromatic N) is 1. The average molecular weight is 200 g/mol. The van der Waals surface area contributed by atoms with E-state index in [9.17, 15) is 0 Å². The van der Waals surface area contributed by atoms with Crippen molar-refractivity contribution < 1.29 is 9.94 Å². The minimum Gasteiger partial charge on any atom is -0.409 e. The maximum absolute atomic E-state index is 8.32. The van der Waals surface area contributed by atoms with Gasteiger partial charge in [0.2, 0.25) is 0 Å². The Morgan fingerprint density at radius 2 is 1.93 bits per heavy atom. The van der Waals surface area contributed by atoms with Gasteiger partial charge in [0.1, 0.15) is 5.84 Å². The third-order valence-corrected chi connectivity index (χ3v) is 2.64. The highest BCUT2D eigenvalue weighted by atomic mass is 16.5. The van der Waals surface area contributed by atoms with Crippen LogP contribution in [0.25, 0.3) is 0 Å². The molecule has 4 heteroatoms. The van der Waals surface area contributed by atoms with Crippen LogP contribution in [0.5, 0.6) is 0 Å². The van der Waals surface area contributed by atoms with Crippen LogP contribution in [0.3, 0.4) is 0 Å². The molecule has 0 radical (unpaired) electrons. The predicted molar refractivity (Wildman–Crippen MR) is 55.5 cm³/mol. The van der Waals surface area contributed by atoms with Gasteiger partial charge >= 0.3 is 0 Å². The van der Waals surface area contributed by atoms with E-state index < -0.39 is 0 Å². The van der Waals surface area contributed by atoms with Gasteiger partial charge in [-0.2, -0.15) is 0 Å². The predicted octanol–water partition coefficient (Wildman–Crippen LogP) is 1.86. The van der Waals surface area contributed by atoms with Crippen molar-refractivity contribution in [3.63, 3.8) is 0 Å². The molecule has 0 aliphatic heterocycles. The number of amidine groups is 1. The van der Waals surface area contributed by atoms with E-state index in [1.165, 1.54) is 25.7 Å². The van der Waals surface area contributed by atoms with Gasteiger partial charge in [0.15, 0.2) is 0 Å². The third kappa shape index (κ3) is 4.46. The Bertz CT molecular complexity index is 175. The highest BCUT2D eigenvalue weighted by Gasteiger charge is 2.12. The molecule has 14 heavy (non-hydrogen) atoms. The molecule has 1 saturated carbocycles. The Hall–Kier alpha value is -0.770. The highest BCUT2D eigenvalue weighted by molar-refractivity contribution is 5.79. The fourth-order valence-electron chi connectivity index (χ4n) is 1.79. The van der Waals surface area contributed by atoms with Gasteiger partial charge in [0.05, 0.1) is 12.7 Å². The van der Waals surface area contributed by atoms with Crippen LogP contribution in [0.2, 0.25) is 0 Å². The van der Waals surface area contributed by atoms with Gasteiger partial charge in [0, 0.05) is 6.42 Å². The van der Waals surface area contributed by atoms with Crippen LogP contribution in [0, 0.1) is 0 Å². The first-order chi connectivity index (χ1) is 6.83. The van der Waals surface area contributed by atoms with E-state index in [0.717, 1.165) is 12.8 Å². The largest absolute Gasteiger partial charge is 0.409 e. The van der Waals surface area contributed by atoms with Crippen molar-refractivity contribution in [1.82, 2.24) is 0 Å². The average Bonchev–Trinajstić information content (AvgIpc) is 2.46. The maximum atomic E-state index is 8.32. The summed E-state index contributed by atoms with van der Waals surface area (Å²) in [6.45, 7) is 0.570. The second-order valence-corrected chi connectivity index (χ2v) is 3.83. The maximum Gasteiger partial charge on any atom is 0.141 e. The summed E-state index contributed by atoms with van der Waals surface area (Å²) in [7, 11) is 0. The lowest BCUT2D eigenvalue weighted by Gasteiger charge is -2.14. The van der Waals surface area contributed by atoms with Crippen molar-refractivity contribution in [1.29, 1.82) is 0 Å². The molecule has 0 amide bonds. The van der Waals surface area contributed by atoms with Crippen molar-refractivity contribution in [2.45, 2.75) is 51.0 Å². The highest BCUT2D eigenvalue weighted by Crippen LogP contribution is 2.19. The molecule has 0 spiro atoms. The van der Waals surface area contributed by atoms with Crippen molar-refractivity contribution in [2.75, 3.05) is 6.61 Å². The van der Waals surface area contributed by atoms with Crippen LogP contribution < -0.4 is 5.73 Å². The van der Waals surface area contributed by atoms with Crippen LogP contribution in [-0.2, 0) is 4.74 Å². The molecule has 0 aromatic heterocycles. The van der Waals surface area contributed by atoms with Crippen molar-refractivity contribution in [3.05, 3.63) is 0 Å². The number of hydrogen-bond acceptors (Lipinski definition) is 3. The van der Waals surface area contributed by atoms with Gasteiger partial charge in [-0.1, -0.05) is 30.8 Å². The van der Waals surface area contributed by atoms with Crippen molar-refractivity contribution in [2.24, 2.45) is 10.9 Å². The molecule has 1 fully saturated rings. The third-order valence-electron chi connectivity index (χ3n) is 2.64. The van der Waals surface area contributed by atoms with Crippen LogP contribution in [-0.4, -0.2) is 23.8 Å². The van der Waals surface area contributed by atoms with Crippen LogP contribution >= 0.6 is 0 Å². The zero-order chi connectivity index (χ0) is 10.2. The minimum atomic E-state index is 0.249. The molecule has 0 saturated heterocycles. The zero-order valence-corrected chi connectivity index (χ0v) is 8.61. The number of oxime groups is 1. The Morgan fingerprint density at radius 1 is 1.29 bits per heavy atom. The van der Waals surface area contributed by atoms with Gasteiger partial charge in [-0.3, -0.25) is 0 Å². The van der Waals surface area contributed by atoms with Gasteiger partial charge in [-0.15, -0.1) is 0 Å². The van der Waals surface area contributed by atoms with Crippen LogP contribution in [0.15, 0.2) is 5.16 Å². The summed E-state index contributed by atoms with van der Waals surface area (Å²) < 4.78 is 5.66. The lowest BCUT2D eigenvalue weighted by Crippen LogP contribution is -2.18. The molecule has 82 valence electrons. The number of rotatable bonds is 4. The van der Waals surface area contributed by atoms with E-state index in [0.29, 0.717) is 19.1 Å². The Labute approximate surface area is 85.1 Å². The molecular weight excluding hydrogens is 180 g/mol. The van der Waals surface area contributed by atoms with Crippen molar-refractivity contribution in [3.8, 4) is 0 Å². The van der Waals surface area contributed by atoms with Crippen molar-refractivity contribution >= 4 is 5.84 Å². The molecular formula is C10H20N2O2. The Balaban J connectivity index is 2.10. The second kappa shape index (κ2) is 6.65. The Kier molecular flexibility index (Phi) is 5.37. The Morgan fingerprint density at radius 3 is 2.50 bits per heavy atom. The summed E-state index contributed by atoms with van der Waals surface area (Å²) in [6.07, 6.45) is 8.45. The summed E-state index contributed by atoms with van der Waals surface area (Å²) in [6, 6.07) is 0. The summed E-state index contributed by atoms with van der Waals surface area (Å²) in [5.41, 5.74) is 5.34. The summed E-state index contributed by atoms with van der Waals surface area (Å²) in [4.78, 5) is 0. The van der Waals surface area contributed by atoms with Gasteiger partial charge in [0.25, 0.3) is 0 Å². The van der Waals surface area contributed by atoms with E-state index in [1.807, 2.05) is 0 Å². The summed E-state index contributed by atoms with van der Waals surface area (Å²) in [5.74, 6) is 0.249. The fraction of sp³-hybridized carbons (Fsp3) is 0.900. The smallest absolute Gasteiger partial charge is 0.141 e. The van der Waals surface area contributed by atoms with Gasteiger partial charge in [-0.05, 0) is 12.8 Å². The molecule has 0 aromatic carbocycles. The van der Waals surface area contributed by atoms with E-state index in [2.05, 4.69) is 5.16 Å². The molecule has 0 unspecified atom stereocenters. The number of nitrogens with two attached hydrogens (primary N) is 1. The first kappa shape index (κ1) is 11.3. The first-order valence-corrected chi connectivity index (χ1v) is 5.41. The van der Waals surface area contributed by atoms with E-state index in [-0.39, 0.29) is 5.84 Å². The molecule has 1 aliphatic carbocycles. The topological polar surface area (TPSA) is 67.8 Å². The monoisotopic (exact) mass is 200 g/mol. The lowest BCUT2D eigenvalue weighted by molar-refractivity contribution is 0.0476. The quantitative estimate of drug-likeness (QED) is 0.239. The van der Waals surface area contributed by atoms with Gasteiger partial charge in [-0.25, -0.2) is 0 Å². The number of hydrogen-bond donors (Lipinski definition) is 2. The SMILES string of the molecule is N/C(CCOC1CCCCCC1)=N\O. The minimum absolute atomic E-state index is 0.249. The standard InChI is InChI=1S/C10H20N2O2/c11-10(12-13)7-8-14-9-5-3-1-2-4-6-9/h9,13H,1-8H2,(H2,11,12). The molecule has 0 aromatic rings. The van der Waals surface area contributed by atoms with Crippen LogP contribution in [0.1, 0.15) is 44.9 Å². The number of ether oxygens (including phenoxy) is 1. The van der Waals surface area contributed by atoms with E-state index >= 15 is 0 Å². The molecule has 0 heterocycles. The lowest BCUT2D eigenvalue weighted by atomic mass is 10.1. The second-order valence-electron chi connectivity index (χ2n) is 3.83. The molecule has 0 atom stereocenters. The van der Waals surface area contributed by atoms with Crippen LogP contribution in [0.4, 0.5) is 0 Å². The summed E-state index contributed by atoms with van der Waals surface area (Å²) in [5, 5.41) is 11.2. The first-order valence-electron chi connectivity index (χ1n) is 5.41. The normalized spacial score (nSPS) is 20.7. The molecule has 1 rings (SSSR count). The molecule has 1 aliphatic rings. The fourth-order valence-corrected chi connectivity index (χ4v) is 1.79.